The predicted molar refractivity (Wildman–Crippen MR) is 105 cm³/mol. The number of pyridine rings is 1. The van der Waals surface area contributed by atoms with Gasteiger partial charge >= 0.3 is 18.3 Å². The van der Waals surface area contributed by atoms with E-state index in [9.17, 15) is 28.6 Å². The molecular formula is C20H20F2N4O6. The van der Waals surface area contributed by atoms with Gasteiger partial charge in [-0.1, -0.05) is 6.07 Å². The summed E-state index contributed by atoms with van der Waals surface area (Å²) in [5.74, 6) is -2.08. The fraction of sp³-hybridized carbons (Fsp3) is 0.350. The van der Waals surface area contributed by atoms with Gasteiger partial charge in [0.05, 0.1) is 6.04 Å². The van der Waals surface area contributed by atoms with Crippen LogP contribution in [0.1, 0.15) is 24.1 Å². The summed E-state index contributed by atoms with van der Waals surface area (Å²) in [7, 11) is 0. The lowest BCUT2D eigenvalue weighted by Crippen LogP contribution is -2.71. The molecule has 2 aromatic rings. The van der Waals surface area contributed by atoms with Crippen molar-refractivity contribution in [3.05, 3.63) is 47.7 Å². The van der Waals surface area contributed by atoms with Crippen molar-refractivity contribution < 1.29 is 38.1 Å². The number of aliphatic carboxylic acids is 1. The Labute approximate surface area is 180 Å². The van der Waals surface area contributed by atoms with Crippen molar-refractivity contribution >= 4 is 17.8 Å². The molecule has 1 aromatic carbocycles. The molecule has 1 saturated heterocycles. The Bertz CT molecular complexity index is 1070. The smallest absolute Gasteiger partial charge is 0.480 e. The number of benzene rings is 1. The zero-order chi connectivity index (χ0) is 23.2. The molecule has 32 heavy (non-hydrogen) atoms. The minimum absolute atomic E-state index is 0.138. The van der Waals surface area contributed by atoms with Gasteiger partial charge in [-0.3, -0.25) is 4.90 Å². The van der Waals surface area contributed by atoms with Crippen LogP contribution in [0, 0.1) is 5.92 Å². The Kier molecular flexibility index (Phi) is 5.25. The molecule has 0 radical (unpaired) electrons. The van der Waals surface area contributed by atoms with Crippen LogP contribution in [0.4, 0.5) is 19.4 Å². The lowest BCUT2D eigenvalue weighted by molar-refractivity contribution is -0.286. The highest BCUT2D eigenvalue weighted by atomic mass is 19.3. The number of nitrogens with two attached hydrogens (primary N) is 1. The van der Waals surface area contributed by atoms with E-state index in [2.05, 4.69) is 19.8 Å². The Morgan fingerprint density at radius 2 is 2.00 bits per heavy atom. The predicted octanol–water partition coefficient (Wildman–Crippen LogP) is 1.70. The van der Waals surface area contributed by atoms with Crippen LogP contribution < -0.4 is 20.5 Å². The van der Waals surface area contributed by atoms with Gasteiger partial charge in [0.25, 0.3) is 0 Å². The summed E-state index contributed by atoms with van der Waals surface area (Å²) in [5.41, 5.74) is 6.73. The Morgan fingerprint density at radius 3 is 2.69 bits per heavy atom. The molecule has 10 nitrogen and oxygen atoms in total. The number of halogens is 2. The lowest BCUT2D eigenvalue weighted by atomic mass is 9.81. The van der Waals surface area contributed by atoms with E-state index in [1.165, 1.54) is 24.4 Å². The number of urea groups is 1. The van der Waals surface area contributed by atoms with Crippen LogP contribution in [0.5, 0.6) is 11.5 Å². The number of carboxylic acid groups (broad SMARTS) is 1. The number of carboxylic acids is 1. The highest BCUT2D eigenvalue weighted by molar-refractivity contribution is 5.85. The van der Waals surface area contributed by atoms with Crippen LogP contribution in [0.2, 0.25) is 0 Å². The van der Waals surface area contributed by atoms with Gasteiger partial charge in [-0.15, -0.1) is 8.78 Å². The van der Waals surface area contributed by atoms with Crippen LogP contribution in [-0.4, -0.2) is 50.7 Å². The monoisotopic (exact) mass is 450 g/mol. The average molecular weight is 450 g/mol. The third-order valence-electron chi connectivity index (χ3n) is 5.44. The van der Waals surface area contributed by atoms with E-state index in [1.54, 1.807) is 19.1 Å². The summed E-state index contributed by atoms with van der Waals surface area (Å²) in [6.07, 6.45) is -3.45. The number of carbonyl (C=O) groups is 2. The molecule has 3 heterocycles. The number of carbonyl (C=O) groups excluding carboxylic acids is 1. The third-order valence-corrected chi connectivity index (χ3v) is 5.44. The highest BCUT2D eigenvalue weighted by Gasteiger charge is 2.54. The number of anilines is 1. The van der Waals surface area contributed by atoms with E-state index in [1.807, 2.05) is 0 Å². The van der Waals surface area contributed by atoms with Crippen LogP contribution >= 0.6 is 0 Å². The molecule has 5 N–H and O–H groups in total. The topological polar surface area (TPSA) is 147 Å². The zero-order valence-corrected chi connectivity index (χ0v) is 16.7. The summed E-state index contributed by atoms with van der Waals surface area (Å²) < 4.78 is 35.1. The summed E-state index contributed by atoms with van der Waals surface area (Å²) in [5, 5.41) is 22.7. The molecule has 0 spiro atoms. The Balaban J connectivity index is 1.44. The molecule has 1 unspecified atom stereocenters. The summed E-state index contributed by atoms with van der Waals surface area (Å²) in [4.78, 5) is 29.2. The number of aliphatic hydroxyl groups excluding tert-OH is 1. The SMILES string of the molecule is C[C@@H](NC(=O)N1C(O)[C@H](Cc2ccnc(N)c2)[C@H]1C(=O)O)c1ccc2c(c1)OC(F)(F)O2. The first kappa shape index (κ1) is 21.6. The number of nitrogens with one attached hydrogen (secondary N) is 1. The van der Waals surface area contributed by atoms with Gasteiger partial charge in [0, 0.05) is 12.1 Å². The number of rotatable bonds is 5. The number of ether oxygens (including phenoxy) is 2. The molecule has 4 rings (SSSR count). The van der Waals surface area contributed by atoms with Crippen molar-refractivity contribution in [3.63, 3.8) is 0 Å². The molecule has 1 fully saturated rings. The fourth-order valence-electron chi connectivity index (χ4n) is 3.88. The van der Waals surface area contributed by atoms with Crippen molar-refractivity contribution in [2.24, 2.45) is 5.92 Å². The van der Waals surface area contributed by atoms with Crippen molar-refractivity contribution in [2.45, 2.75) is 38.0 Å². The maximum Gasteiger partial charge on any atom is 0.586 e. The molecule has 4 atom stereocenters. The maximum absolute atomic E-state index is 13.2. The van der Waals surface area contributed by atoms with Crippen molar-refractivity contribution in [3.8, 4) is 11.5 Å². The number of fused-ring (bicyclic) bond motifs is 1. The zero-order valence-electron chi connectivity index (χ0n) is 16.7. The number of aromatic nitrogens is 1. The minimum atomic E-state index is -3.77. The largest absolute Gasteiger partial charge is 0.586 e. The molecule has 170 valence electrons. The Morgan fingerprint density at radius 1 is 1.28 bits per heavy atom. The van der Waals surface area contributed by atoms with Crippen molar-refractivity contribution in [1.82, 2.24) is 15.2 Å². The first-order chi connectivity index (χ1) is 15.1. The van der Waals surface area contributed by atoms with E-state index in [0.717, 1.165) is 4.90 Å². The quantitative estimate of drug-likeness (QED) is 0.538. The molecular weight excluding hydrogens is 430 g/mol. The number of nitrogens with zero attached hydrogens (tertiary/aromatic N) is 2. The number of aliphatic hydroxyl groups is 1. The van der Waals surface area contributed by atoms with Crippen LogP contribution in [-0.2, 0) is 11.2 Å². The second-order valence-electron chi connectivity index (χ2n) is 7.61. The number of amides is 2. The number of nitrogen functional groups attached to an aromatic ring is 1. The number of hydrogen-bond donors (Lipinski definition) is 4. The van der Waals surface area contributed by atoms with E-state index in [4.69, 9.17) is 5.73 Å². The van der Waals surface area contributed by atoms with Gasteiger partial charge in [-0.25, -0.2) is 14.6 Å². The number of alkyl halides is 2. The summed E-state index contributed by atoms with van der Waals surface area (Å²) >= 11 is 0. The summed E-state index contributed by atoms with van der Waals surface area (Å²) in [6, 6.07) is 4.48. The van der Waals surface area contributed by atoms with Crippen molar-refractivity contribution in [2.75, 3.05) is 5.73 Å². The number of hydrogen-bond acceptors (Lipinski definition) is 7. The first-order valence-corrected chi connectivity index (χ1v) is 9.65. The molecule has 2 aliphatic rings. The van der Waals surface area contributed by atoms with Gasteiger partial charge < -0.3 is 30.7 Å². The second-order valence-corrected chi connectivity index (χ2v) is 7.61. The maximum atomic E-state index is 13.2. The second kappa shape index (κ2) is 7.79. The fourth-order valence-corrected chi connectivity index (χ4v) is 3.88. The van der Waals surface area contributed by atoms with Crippen LogP contribution in [0.15, 0.2) is 36.5 Å². The molecule has 0 saturated carbocycles. The lowest BCUT2D eigenvalue weighted by Gasteiger charge is -2.50. The molecule has 12 heteroatoms. The van der Waals surface area contributed by atoms with Gasteiger partial charge in [-0.05, 0) is 48.7 Å². The average Bonchev–Trinajstić information content (AvgIpc) is 3.02. The third kappa shape index (κ3) is 3.96. The van der Waals surface area contributed by atoms with Gasteiger partial charge in [0.1, 0.15) is 18.1 Å². The van der Waals surface area contributed by atoms with Gasteiger partial charge in [0.15, 0.2) is 11.5 Å². The Hall–Kier alpha value is -3.67. The molecule has 2 aliphatic heterocycles. The molecule has 2 amide bonds. The van der Waals surface area contributed by atoms with E-state index >= 15 is 0 Å². The standard InChI is InChI=1S/C20H20F2N4O6/c1-9(11-2-3-13-14(8-11)32-20(21,22)31-13)25-19(30)26-16(18(28)29)12(17(26)27)6-10-4-5-24-15(23)7-10/h2-5,7-9,12,16-17,27H,6H2,1H3,(H2,23,24)(H,25,30)(H,28,29)/t9-,12-,16+,17?/m1/s1. The first-order valence-electron chi connectivity index (χ1n) is 9.65. The number of likely N-dealkylation sites (tertiary alicyclic amines) is 1. The molecule has 1 aromatic heterocycles. The summed E-state index contributed by atoms with van der Waals surface area (Å²) in [6.45, 7) is 1.58. The van der Waals surface area contributed by atoms with Crippen LogP contribution in [0.25, 0.3) is 0 Å². The minimum Gasteiger partial charge on any atom is -0.480 e. The molecule has 0 aliphatic carbocycles. The van der Waals surface area contributed by atoms with E-state index < -0.39 is 42.5 Å². The van der Waals surface area contributed by atoms with E-state index in [0.29, 0.717) is 11.1 Å². The highest BCUT2D eigenvalue weighted by Crippen LogP contribution is 2.42. The van der Waals surface area contributed by atoms with Crippen LogP contribution in [0.3, 0.4) is 0 Å². The van der Waals surface area contributed by atoms with Gasteiger partial charge in [0.2, 0.25) is 0 Å². The van der Waals surface area contributed by atoms with Crippen molar-refractivity contribution in [1.29, 1.82) is 0 Å². The molecule has 0 bridgehead atoms. The van der Waals surface area contributed by atoms with E-state index in [-0.39, 0.29) is 23.7 Å². The van der Waals surface area contributed by atoms with Gasteiger partial charge in [-0.2, -0.15) is 0 Å². The normalized spacial score (nSPS) is 23.9.